The number of ether oxygens (including phenoxy) is 1. The summed E-state index contributed by atoms with van der Waals surface area (Å²) in [6, 6.07) is 18.3. The molecule has 2 N–H and O–H groups in total. The number of furan rings is 1. The first kappa shape index (κ1) is 27.5. The second-order valence-electron chi connectivity index (χ2n) is 9.21. The molecule has 1 atom stereocenters. The maximum absolute atomic E-state index is 14.1. The van der Waals surface area contributed by atoms with Crippen LogP contribution in [0.3, 0.4) is 0 Å². The van der Waals surface area contributed by atoms with Crippen molar-refractivity contribution in [2.24, 2.45) is 0 Å². The highest BCUT2D eigenvalue weighted by Gasteiger charge is 2.47. The third-order valence-electron chi connectivity index (χ3n) is 6.61. The zero-order chi connectivity index (χ0) is 29.4. The molecule has 0 spiro atoms. The van der Waals surface area contributed by atoms with E-state index < -0.39 is 23.5 Å². The number of aromatic hydroxyl groups is 1. The topological polar surface area (TPSA) is 126 Å². The van der Waals surface area contributed by atoms with Crippen LogP contribution in [0.15, 0.2) is 92.9 Å². The molecule has 0 radical (unpaired) electrons. The summed E-state index contributed by atoms with van der Waals surface area (Å²) in [5.41, 5.74) is 1.12. The molecule has 9 nitrogen and oxygen atoms in total. The molecule has 42 heavy (non-hydrogen) atoms. The summed E-state index contributed by atoms with van der Waals surface area (Å²) in [5, 5.41) is 30.5. The number of phenolic OH excluding ortho intramolecular Hbond substituents is 1. The SMILES string of the molecule is CCOc1cc([C@@H]2C(C(=O)c3cc4ccccc4o3)=C(O)C(=O)N2c2nnc(SCc3ccccc3F)s2)ccc1O. The van der Waals surface area contributed by atoms with Crippen molar-refractivity contribution in [3.63, 3.8) is 0 Å². The van der Waals surface area contributed by atoms with Gasteiger partial charge in [-0.25, -0.2) is 4.39 Å². The van der Waals surface area contributed by atoms with Gasteiger partial charge >= 0.3 is 0 Å². The fourth-order valence-corrected chi connectivity index (χ4v) is 6.52. The third kappa shape index (κ3) is 4.99. The van der Waals surface area contributed by atoms with Crippen LogP contribution in [0, 0.1) is 5.82 Å². The molecule has 0 fully saturated rings. The van der Waals surface area contributed by atoms with Crippen molar-refractivity contribution in [1.82, 2.24) is 10.2 Å². The highest BCUT2D eigenvalue weighted by molar-refractivity contribution is 8.00. The number of Topliss-reactive ketones (excluding diaryl/α,β-unsaturated/α-hetero) is 1. The molecule has 0 bridgehead atoms. The summed E-state index contributed by atoms with van der Waals surface area (Å²) in [4.78, 5) is 28.6. The molecule has 212 valence electrons. The van der Waals surface area contributed by atoms with Gasteiger partial charge in [-0.1, -0.05) is 65.6 Å². The van der Waals surface area contributed by atoms with Crippen LogP contribution in [0.4, 0.5) is 9.52 Å². The quantitative estimate of drug-likeness (QED) is 0.109. The van der Waals surface area contributed by atoms with Gasteiger partial charge in [-0.15, -0.1) is 10.2 Å². The zero-order valence-electron chi connectivity index (χ0n) is 22.0. The Morgan fingerprint density at radius 3 is 2.67 bits per heavy atom. The zero-order valence-corrected chi connectivity index (χ0v) is 23.6. The van der Waals surface area contributed by atoms with E-state index in [9.17, 15) is 24.2 Å². The highest BCUT2D eigenvalue weighted by atomic mass is 32.2. The molecule has 1 amide bonds. The number of nitrogens with zero attached hydrogens (tertiary/aromatic N) is 3. The van der Waals surface area contributed by atoms with Crippen molar-refractivity contribution < 1.29 is 33.3 Å². The summed E-state index contributed by atoms with van der Waals surface area (Å²) < 4.78 is 25.9. The lowest BCUT2D eigenvalue weighted by Gasteiger charge is -2.24. The standard InChI is InChI=1S/C30H22FN3O6S2/c1-2-39-22-14-17(11-12-20(22)35)25-24(26(36)23-13-16-7-4-6-10-21(16)40-23)27(37)28(38)34(25)29-32-33-30(42-29)41-15-18-8-3-5-9-19(18)31/h3-14,25,35,37H,2,15H2,1H3/t25-/m1/s1. The number of phenols is 1. The monoisotopic (exact) mass is 603 g/mol. The van der Waals surface area contributed by atoms with Crippen LogP contribution < -0.4 is 9.64 Å². The van der Waals surface area contributed by atoms with Gasteiger partial charge in [0.05, 0.1) is 18.2 Å². The fourth-order valence-electron chi connectivity index (χ4n) is 4.66. The Morgan fingerprint density at radius 2 is 1.88 bits per heavy atom. The molecule has 5 aromatic rings. The minimum absolute atomic E-state index is 0.0559. The van der Waals surface area contributed by atoms with Crippen LogP contribution >= 0.6 is 23.1 Å². The lowest BCUT2D eigenvalue weighted by Crippen LogP contribution is -2.31. The number of fused-ring (bicyclic) bond motifs is 1. The number of aliphatic hydroxyl groups excluding tert-OH is 1. The van der Waals surface area contributed by atoms with E-state index in [0.717, 1.165) is 11.3 Å². The third-order valence-corrected chi connectivity index (χ3v) is 8.72. The van der Waals surface area contributed by atoms with E-state index in [1.807, 2.05) is 0 Å². The Bertz CT molecular complexity index is 1830. The van der Waals surface area contributed by atoms with Crippen molar-refractivity contribution in [2.75, 3.05) is 11.5 Å². The molecule has 12 heteroatoms. The smallest absolute Gasteiger partial charge is 0.296 e. The van der Waals surface area contributed by atoms with Gasteiger partial charge in [0.15, 0.2) is 27.4 Å². The summed E-state index contributed by atoms with van der Waals surface area (Å²) in [6.07, 6.45) is 0. The predicted octanol–water partition coefficient (Wildman–Crippen LogP) is 6.60. The number of ketones is 1. The lowest BCUT2D eigenvalue weighted by atomic mass is 9.95. The van der Waals surface area contributed by atoms with Crippen LogP contribution in [-0.2, 0) is 10.5 Å². The molecule has 0 aliphatic carbocycles. The first-order valence-corrected chi connectivity index (χ1v) is 14.6. The minimum atomic E-state index is -1.14. The minimum Gasteiger partial charge on any atom is -0.504 e. The Labute approximate surface area is 246 Å². The van der Waals surface area contributed by atoms with Crippen molar-refractivity contribution in [3.05, 3.63) is 107 Å². The molecule has 6 rings (SSSR count). The fraction of sp³-hybridized carbons (Fsp3) is 0.133. The maximum Gasteiger partial charge on any atom is 0.296 e. The van der Waals surface area contributed by atoms with Crippen LogP contribution in [0.2, 0.25) is 0 Å². The average Bonchev–Trinajstić information content (AvgIpc) is 3.70. The second-order valence-corrected chi connectivity index (χ2v) is 11.4. The van der Waals surface area contributed by atoms with Gasteiger partial charge in [0.1, 0.15) is 11.4 Å². The number of rotatable bonds is 9. The number of amides is 1. The van der Waals surface area contributed by atoms with Crippen LogP contribution in [0.1, 0.15) is 34.6 Å². The second kappa shape index (κ2) is 11.3. The van der Waals surface area contributed by atoms with Gasteiger partial charge in [-0.3, -0.25) is 14.5 Å². The van der Waals surface area contributed by atoms with Gasteiger partial charge in [0.25, 0.3) is 5.91 Å². The van der Waals surface area contributed by atoms with E-state index >= 15 is 0 Å². The number of aliphatic hydroxyl groups is 1. The molecule has 2 aromatic heterocycles. The molecule has 0 saturated heterocycles. The van der Waals surface area contributed by atoms with E-state index in [1.54, 1.807) is 55.5 Å². The van der Waals surface area contributed by atoms with E-state index in [-0.39, 0.29) is 46.1 Å². The summed E-state index contributed by atoms with van der Waals surface area (Å²) in [6.45, 7) is 2.01. The Balaban J connectivity index is 1.40. The van der Waals surface area contributed by atoms with Gasteiger partial charge in [-0.05, 0) is 48.4 Å². The molecule has 0 unspecified atom stereocenters. The molecule has 1 aliphatic heterocycles. The van der Waals surface area contributed by atoms with E-state index in [2.05, 4.69) is 10.2 Å². The van der Waals surface area contributed by atoms with Crippen LogP contribution in [0.5, 0.6) is 11.5 Å². The van der Waals surface area contributed by atoms with Crippen LogP contribution in [-0.4, -0.2) is 38.7 Å². The van der Waals surface area contributed by atoms with Crippen LogP contribution in [0.25, 0.3) is 11.0 Å². The first-order valence-electron chi connectivity index (χ1n) is 12.8. The molecule has 1 aliphatic rings. The first-order chi connectivity index (χ1) is 20.4. The number of benzene rings is 3. The summed E-state index contributed by atoms with van der Waals surface area (Å²) in [5.74, 6) is -2.40. The Kier molecular flexibility index (Phi) is 7.40. The number of hydrogen-bond acceptors (Lipinski definition) is 10. The summed E-state index contributed by atoms with van der Waals surface area (Å²) >= 11 is 2.30. The van der Waals surface area contributed by atoms with E-state index in [4.69, 9.17) is 9.15 Å². The molecule has 3 heterocycles. The van der Waals surface area contributed by atoms with Crippen molar-refractivity contribution in [2.45, 2.75) is 23.1 Å². The van der Waals surface area contributed by atoms with E-state index in [1.165, 1.54) is 40.9 Å². The predicted molar refractivity (Wildman–Crippen MR) is 156 cm³/mol. The number of halogens is 1. The average molecular weight is 604 g/mol. The molecular formula is C30H22FN3O6S2. The number of carbonyl (C=O) groups excluding carboxylic acids is 2. The molecular weight excluding hydrogens is 581 g/mol. The normalized spacial score (nSPS) is 15.1. The highest BCUT2D eigenvalue weighted by Crippen LogP contribution is 2.45. The number of anilines is 1. The number of hydrogen-bond donors (Lipinski definition) is 2. The lowest BCUT2D eigenvalue weighted by molar-refractivity contribution is -0.117. The van der Waals surface area contributed by atoms with Crippen molar-refractivity contribution in [3.8, 4) is 11.5 Å². The largest absolute Gasteiger partial charge is 0.504 e. The number of para-hydroxylation sites is 1. The Morgan fingerprint density at radius 1 is 1.10 bits per heavy atom. The van der Waals surface area contributed by atoms with E-state index in [0.29, 0.717) is 26.4 Å². The maximum atomic E-state index is 14.1. The molecule has 3 aromatic carbocycles. The van der Waals surface area contributed by atoms with Gasteiger partial charge in [0, 0.05) is 11.1 Å². The number of carbonyl (C=O) groups is 2. The number of thioether (sulfide) groups is 1. The van der Waals surface area contributed by atoms with Gasteiger partial charge in [-0.2, -0.15) is 0 Å². The summed E-state index contributed by atoms with van der Waals surface area (Å²) in [7, 11) is 0. The van der Waals surface area contributed by atoms with Gasteiger partial charge in [0.2, 0.25) is 10.9 Å². The Hall–Kier alpha value is -4.68. The van der Waals surface area contributed by atoms with Crippen molar-refractivity contribution >= 4 is 50.9 Å². The van der Waals surface area contributed by atoms with Crippen molar-refractivity contribution in [1.29, 1.82) is 0 Å². The number of aromatic nitrogens is 2. The molecule has 0 saturated carbocycles. The van der Waals surface area contributed by atoms with Gasteiger partial charge < -0.3 is 19.4 Å².